The van der Waals surface area contributed by atoms with Gasteiger partial charge in [-0.2, -0.15) is 0 Å². The summed E-state index contributed by atoms with van der Waals surface area (Å²) < 4.78 is 5.18. The van der Waals surface area contributed by atoms with E-state index in [4.69, 9.17) is 10.5 Å². The van der Waals surface area contributed by atoms with Crippen LogP contribution in [0, 0.1) is 0 Å². The minimum atomic E-state index is -0.0745. The molecule has 0 heterocycles. The van der Waals surface area contributed by atoms with Crippen molar-refractivity contribution < 1.29 is 9.53 Å². The Bertz CT molecular complexity index is 824. The van der Waals surface area contributed by atoms with Gasteiger partial charge in [-0.3, -0.25) is 4.79 Å². The summed E-state index contributed by atoms with van der Waals surface area (Å²) in [4.78, 5) is 12.9. The molecule has 114 valence electrons. The number of rotatable bonds is 4. The second-order valence-corrected chi connectivity index (χ2v) is 5.19. The van der Waals surface area contributed by atoms with Crippen LogP contribution in [0.1, 0.15) is 15.9 Å². The molecule has 0 radical (unpaired) electrons. The number of benzene rings is 3. The number of hydrogen-bond acceptors (Lipinski definition) is 3. The third-order valence-electron chi connectivity index (χ3n) is 3.76. The number of ether oxygens (including phenoxy) is 1. The Hall–Kier alpha value is -3.07. The summed E-state index contributed by atoms with van der Waals surface area (Å²) in [6, 6.07) is 22.3. The van der Waals surface area contributed by atoms with Crippen molar-refractivity contribution in [2.45, 2.75) is 0 Å². The van der Waals surface area contributed by atoms with Crippen LogP contribution in [0.4, 0.5) is 5.69 Å². The highest BCUT2D eigenvalue weighted by molar-refractivity contribution is 6.16. The summed E-state index contributed by atoms with van der Waals surface area (Å²) in [6.45, 7) is 0. The first-order valence-corrected chi connectivity index (χ1v) is 7.33. The van der Waals surface area contributed by atoms with Crippen molar-refractivity contribution in [2.75, 3.05) is 12.8 Å². The molecule has 0 saturated carbocycles. The maximum Gasteiger partial charge on any atom is 0.195 e. The van der Waals surface area contributed by atoms with E-state index in [0.29, 0.717) is 16.8 Å². The van der Waals surface area contributed by atoms with E-state index < -0.39 is 0 Å². The number of hydrogen-bond donors (Lipinski definition) is 1. The molecule has 0 aliphatic rings. The molecule has 0 unspecified atom stereocenters. The van der Waals surface area contributed by atoms with Gasteiger partial charge in [0.1, 0.15) is 5.75 Å². The zero-order valence-electron chi connectivity index (χ0n) is 12.8. The summed E-state index contributed by atoms with van der Waals surface area (Å²) >= 11 is 0. The van der Waals surface area contributed by atoms with Gasteiger partial charge in [0.15, 0.2) is 5.78 Å². The molecule has 0 amide bonds. The van der Waals surface area contributed by atoms with Gasteiger partial charge < -0.3 is 10.5 Å². The van der Waals surface area contributed by atoms with Crippen LogP contribution in [0.25, 0.3) is 11.1 Å². The topological polar surface area (TPSA) is 52.3 Å². The summed E-state index contributed by atoms with van der Waals surface area (Å²) in [6.07, 6.45) is 0. The lowest BCUT2D eigenvalue weighted by Gasteiger charge is -2.12. The third kappa shape index (κ3) is 2.94. The molecule has 0 saturated heterocycles. The van der Waals surface area contributed by atoms with Crippen LogP contribution in [-0.2, 0) is 0 Å². The quantitative estimate of drug-likeness (QED) is 0.581. The van der Waals surface area contributed by atoms with E-state index >= 15 is 0 Å². The average molecular weight is 303 g/mol. The summed E-state index contributed by atoms with van der Waals surface area (Å²) in [5.41, 5.74) is 9.49. The van der Waals surface area contributed by atoms with E-state index in [9.17, 15) is 4.79 Å². The molecule has 0 bridgehead atoms. The van der Waals surface area contributed by atoms with Gasteiger partial charge in [-0.05, 0) is 29.3 Å². The number of ketones is 1. The molecule has 0 spiro atoms. The number of nitrogens with two attached hydrogens (primary N) is 1. The molecule has 0 aliphatic carbocycles. The molecular formula is C20H17NO2. The molecule has 3 aromatic carbocycles. The van der Waals surface area contributed by atoms with Crippen molar-refractivity contribution in [3.05, 3.63) is 83.9 Å². The van der Waals surface area contributed by atoms with E-state index in [-0.39, 0.29) is 5.78 Å². The Morgan fingerprint density at radius 1 is 0.870 bits per heavy atom. The fourth-order valence-corrected chi connectivity index (χ4v) is 2.57. The first-order chi connectivity index (χ1) is 11.2. The van der Waals surface area contributed by atoms with Crippen molar-refractivity contribution in [1.29, 1.82) is 0 Å². The predicted octanol–water partition coefficient (Wildman–Crippen LogP) is 4.18. The number of anilines is 1. The van der Waals surface area contributed by atoms with Gasteiger partial charge in [-0.15, -0.1) is 0 Å². The van der Waals surface area contributed by atoms with Crippen LogP contribution in [0.3, 0.4) is 0 Å². The summed E-state index contributed by atoms with van der Waals surface area (Å²) in [5, 5.41) is 0. The Morgan fingerprint density at radius 3 is 2.22 bits per heavy atom. The Morgan fingerprint density at radius 2 is 1.57 bits per heavy atom. The summed E-state index contributed by atoms with van der Waals surface area (Å²) in [5.74, 6) is 0.697. The molecule has 23 heavy (non-hydrogen) atoms. The molecule has 0 aliphatic heterocycles. The molecule has 3 heteroatoms. The average Bonchev–Trinajstić information content (AvgIpc) is 2.62. The molecule has 0 fully saturated rings. The lowest BCUT2D eigenvalue weighted by atomic mass is 9.92. The van der Waals surface area contributed by atoms with Crippen LogP contribution < -0.4 is 10.5 Å². The van der Waals surface area contributed by atoms with Gasteiger partial charge >= 0.3 is 0 Å². The number of methoxy groups -OCH3 is 1. The van der Waals surface area contributed by atoms with Crippen molar-refractivity contribution in [3.8, 4) is 16.9 Å². The molecule has 3 rings (SSSR count). The van der Waals surface area contributed by atoms with Gasteiger partial charge in [-0.1, -0.05) is 54.6 Å². The van der Waals surface area contributed by atoms with Gasteiger partial charge in [0.2, 0.25) is 0 Å². The molecule has 2 N–H and O–H groups in total. The standard InChI is InChI=1S/C20H17NO2/c1-23-16-12-10-14(11-13-16)17-8-5-9-18(21)19(17)20(22)15-6-3-2-4-7-15/h2-13H,21H2,1H3. The smallest absolute Gasteiger partial charge is 0.195 e. The van der Waals surface area contributed by atoms with E-state index in [1.807, 2.05) is 54.6 Å². The number of nitrogen functional groups attached to an aromatic ring is 1. The van der Waals surface area contributed by atoms with E-state index in [0.717, 1.165) is 16.9 Å². The maximum atomic E-state index is 12.9. The highest BCUT2D eigenvalue weighted by atomic mass is 16.5. The van der Waals surface area contributed by atoms with Gasteiger partial charge in [0.05, 0.1) is 12.7 Å². The Balaban J connectivity index is 2.11. The molecular weight excluding hydrogens is 286 g/mol. The zero-order valence-corrected chi connectivity index (χ0v) is 12.8. The van der Waals surface area contributed by atoms with E-state index in [2.05, 4.69) is 0 Å². The second kappa shape index (κ2) is 6.36. The monoisotopic (exact) mass is 303 g/mol. The highest BCUT2D eigenvalue weighted by Crippen LogP contribution is 2.31. The maximum absolute atomic E-state index is 12.9. The first-order valence-electron chi connectivity index (χ1n) is 7.33. The SMILES string of the molecule is COc1ccc(-c2cccc(N)c2C(=O)c2ccccc2)cc1. The van der Waals surface area contributed by atoms with Crippen molar-refractivity contribution in [2.24, 2.45) is 0 Å². The van der Waals surface area contributed by atoms with Crippen LogP contribution in [-0.4, -0.2) is 12.9 Å². The van der Waals surface area contributed by atoms with Gasteiger partial charge in [0, 0.05) is 11.3 Å². The third-order valence-corrected chi connectivity index (χ3v) is 3.76. The normalized spacial score (nSPS) is 10.3. The zero-order chi connectivity index (χ0) is 16.2. The molecule has 3 aromatic rings. The van der Waals surface area contributed by atoms with Crippen molar-refractivity contribution in [3.63, 3.8) is 0 Å². The van der Waals surface area contributed by atoms with Gasteiger partial charge in [0.25, 0.3) is 0 Å². The molecule has 0 aromatic heterocycles. The fourth-order valence-electron chi connectivity index (χ4n) is 2.57. The number of carbonyl (C=O) groups is 1. The largest absolute Gasteiger partial charge is 0.497 e. The van der Waals surface area contributed by atoms with E-state index in [1.165, 1.54) is 0 Å². The minimum Gasteiger partial charge on any atom is -0.497 e. The lowest BCUT2D eigenvalue weighted by Crippen LogP contribution is -2.07. The lowest BCUT2D eigenvalue weighted by molar-refractivity contribution is 0.104. The highest BCUT2D eigenvalue weighted by Gasteiger charge is 2.17. The van der Waals surface area contributed by atoms with Crippen LogP contribution >= 0.6 is 0 Å². The Kier molecular flexibility index (Phi) is 4.11. The van der Waals surface area contributed by atoms with Crippen molar-refractivity contribution >= 4 is 11.5 Å². The summed E-state index contributed by atoms with van der Waals surface area (Å²) in [7, 11) is 1.62. The van der Waals surface area contributed by atoms with Gasteiger partial charge in [-0.25, -0.2) is 0 Å². The Labute approximate surface area is 135 Å². The van der Waals surface area contributed by atoms with Crippen molar-refractivity contribution in [1.82, 2.24) is 0 Å². The fraction of sp³-hybridized carbons (Fsp3) is 0.0500. The number of carbonyl (C=O) groups excluding carboxylic acids is 1. The predicted molar refractivity (Wildman–Crippen MR) is 92.7 cm³/mol. The minimum absolute atomic E-state index is 0.0745. The van der Waals surface area contributed by atoms with E-state index in [1.54, 1.807) is 25.3 Å². The van der Waals surface area contributed by atoms with Crippen LogP contribution in [0.2, 0.25) is 0 Å². The molecule has 0 atom stereocenters. The second-order valence-electron chi connectivity index (χ2n) is 5.19. The van der Waals surface area contributed by atoms with Crippen LogP contribution in [0.5, 0.6) is 5.75 Å². The molecule has 3 nitrogen and oxygen atoms in total. The van der Waals surface area contributed by atoms with Crippen LogP contribution in [0.15, 0.2) is 72.8 Å². The first kappa shape index (κ1) is 14.9.